The van der Waals surface area contributed by atoms with E-state index < -0.39 is 0 Å². The molecule has 0 bridgehead atoms. The smallest absolute Gasteiger partial charge is 0.159 e. The predicted molar refractivity (Wildman–Crippen MR) is 121 cm³/mol. The molecule has 0 radical (unpaired) electrons. The number of fused-ring (bicyclic) bond motifs is 5. The molecule has 1 N–H and O–H groups in total. The molecule has 3 fully saturated rings. The highest BCUT2D eigenvalue weighted by molar-refractivity contribution is 6.05. The number of carbonyl (C=O) groups is 2. The zero-order valence-electron chi connectivity index (χ0n) is 19.8. The normalized spacial score (nSPS) is 41.6. The van der Waals surface area contributed by atoms with E-state index in [1.165, 1.54) is 25.7 Å². The van der Waals surface area contributed by atoms with E-state index in [1.807, 2.05) is 6.92 Å². The van der Waals surface area contributed by atoms with Crippen LogP contribution in [-0.2, 0) is 14.5 Å². The van der Waals surface area contributed by atoms with E-state index in [9.17, 15) is 14.8 Å². The van der Waals surface area contributed by atoms with Crippen molar-refractivity contribution >= 4 is 11.6 Å². The molecule has 4 heteroatoms. The molecule has 1 unspecified atom stereocenters. The Kier molecular flexibility index (Phi) is 6.11. The van der Waals surface area contributed by atoms with E-state index in [1.54, 1.807) is 6.08 Å². The summed E-state index contributed by atoms with van der Waals surface area (Å²) in [7, 11) is 0. The monoisotopic (exact) mass is 428 g/mol. The Hall–Kier alpha value is -1.26. The molecule has 0 saturated heterocycles. The van der Waals surface area contributed by atoms with Crippen molar-refractivity contribution in [3.63, 3.8) is 0 Å². The Balaban J connectivity index is 1.52. The Morgan fingerprint density at radius 1 is 1.19 bits per heavy atom. The standard InChI is InChI=1S/C27H40O4/c1-16(2)25(31-30)9-6-17(3)20-7-8-21-19-15-24(29)23-14-18(28)10-12-27(23,5)22(19)11-13-26(20,21)4/h14,17,19-22,25,30H,1,6-13,15H2,2-5H3/t17-,19+,20-,21+,22+,25?,26-,27-/m1/s1. The highest BCUT2D eigenvalue weighted by Crippen LogP contribution is 2.67. The highest BCUT2D eigenvalue weighted by atomic mass is 17.1. The lowest BCUT2D eigenvalue weighted by atomic mass is 9.46. The fourth-order valence-electron chi connectivity index (χ4n) is 8.37. The molecule has 4 nitrogen and oxygen atoms in total. The van der Waals surface area contributed by atoms with Crippen molar-refractivity contribution in [2.75, 3.05) is 0 Å². The topological polar surface area (TPSA) is 63.6 Å². The molecule has 0 aromatic carbocycles. The van der Waals surface area contributed by atoms with E-state index in [4.69, 9.17) is 0 Å². The zero-order valence-corrected chi connectivity index (χ0v) is 19.8. The van der Waals surface area contributed by atoms with Crippen LogP contribution in [0, 0.1) is 40.4 Å². The largest absolute Gasteiger partial charge is 0.295 e. The SMILES string of the molecule is C=C(C)C(CC[C@@H](C)[C@H]1CC[C@H]2[C@@H]3CC(=O)C4=CC(=O)CC[C@]4(C)[C@H]3CC[C@]12C)OO. The number of Topliss-reactive ketones (excluding diaryl/α,β-unsaturated/α-hetero) is 1. The third-order valence-electron chi connectivity index (χ3n) is 10.1. The Morgan fingerprint density at radius 2 is 1.94 bits per heavy atom. The van der Waals surface area contributed by atoms with Crippen LogP contribution in [-0.4, -0.2) is 22.9 Å². The van der Waals surface area contributed by atoms with Gasteiger partial charge in [-0.25, -0.2) is 4.89 Å². The fourth-order valence-corrected chi connectivity index (χ4v) is 8.37. The predicted octanol–water partition coefficient (Wildman–Crippen LogP) is 6.16. The summed E-state index contributed by atoms with van der Waals surface area (Å²) >= 11 is 0. The summed E-state index contributed by atoms with van der Waals surface area (Å²) in [5.74, 6) is 3.17. The van der Waals surface area contributed by atoms with Crippen LogP contribution in [0.1, 0.15) is 85.5 Å². The number of hydrogen-bond acceptors (Lipinski definition) is 4. The molecule has 4 aliphatic rings. The van der Waals surface area contributed by atoms with Crippen molar-refractivity contribution in [3.05, 3.63) is 23.8 Å². The number of allylic oxidation sites excluding steroid dienone is 1. The van der Waals surface area contributed by atoms with Gasteiger partial charge in [-0.3, -0.25) is 14.8 Å². The van der Waals surface area contributed by atoms with Crippen molar-refractivity contribution in [1.82, 2.24) is 0 Å². The molecule has 0 heterocycles. The molecule has 0 aliphatic heterocycles. The minimum atomic E-state index is -0.279. The van der Waals surface area contributed by atoms with Crippen molar-refractivity contribution in [2.24, 2.45) is 40.4 Å². The highest BCUT2D eigenvalue weighted by Gasteiger charge is 2.61. The average Bonchev–Trinajstić information content (AvgIpc) is 3.07. The van der Waals surface area contributed by atoms with Crippen molar-refractivity contribution < 1.29 is 19.7 Å². The number of rotatable bonds is 6. The quantitative estimate of drug-likeness (QED) is 0.312. The summed E-state index contributed by atoms with van der Waals surface area (Å²) in [6.45, 7) is 13.0. The van der Waals surface area contributed by atoms with Crippen LogP contribution in [0.2, 0.25) is 0 Å². The van der Waals surface area contributed by atoms with E-state index in [2.05, 4.69) is 32.2 Å². The molecule has 4 aliphatic carbocycles. The van der Waals surface area contributed by atoms with Crippen LogP contribution in [0.25, 0.3) is 0 Å². The minimum Gasteiger partial charge on any atom is -0.295 e. The number of carbonyl (C=O) groups excluding carboxylic acids is 2. The first-order valence-electron chi connectivity index (χ1n) is 12.4. The molecule has 31 heavy (non-hydrogen) atoms. The lowest BCUT2D eigenvalue weighted by Gasteiger charge is -2.57. The molecule has 3 saturated carbocycles. The van der Waals surface area contributed by atoms with E-state index in [0.29, 0.717) is 42.4 Å². The van der Waals surface area contributed by atoms with Crippen LogP contribution >= 0.6 is 0 Å². The minimum absolute atomic E-state index is 0.105. The third kappa shape index (κ3) is 3.68. The summed E-state index contributed by atoms with van der Waals surface area (Å²) < 4.78 is 0. The van der Waals surface area contributed by atoms with Crippen LogP contribution in [0.3, 0.4) is 0 Å². The van der Waals surface area contributed by atoms with Gasteiger partial charge in [0.05, 0.1) is 0 Å². The molecule has 0 aromatic rings. The maximum absolute atomic E-state index is 13.2. The van der Waals surface area contributed by atoms with E-state index in [-0.39, 0.29) is 28.5 Å². The molecule has 172 valence electrons. The molecule has 8 atom stereocenters. The Labute approximate surface area is 187 Å². The van der Waals surface area contributed by atoms with Gasteiger partial charge < -0.3 is 0 Å². The molecular weight excluding hydrogens is 388 g/mol. The zero-order chi connectivity index (χ0) is 22.6. The van der Waals surface area contributed by atoms with Gasteiger partial charge in [0.25, 0.3) is 0 Å². The summed E-state index contributed by atoms with van der Waals surface area (Å²) in [6.07, 6.45) is 10.1. The molecule has 0 aromatic heterocycles. The fraction of sp³-hybridized carbons (Fsp3) is 0.778. The van der Waals surface area contributed by atoms with Crippen LogP contribution in [0.4, 0.5) is 0 Å². The maximum Gasteiger partial charge on any atom is 0.159 e. The lowest BCUT2D eigenvalue weighted by molar-refractivity contribution is -0.270. The summed E-state index contributed by atoms with van der Waals surface area (Å²) in [4.78, 5) is 29.8. The van der Waals surface area contributed by atoms with Crippen LogP contribution in [0.5, 0.6) is 0 Å². The molecule has 0 amide bonds. The third-order valence-corrected chi connectivity index (χ3v) is 10.1. The van der Waals surface area contributed by atoms with Crippen LogP contribution < -0.4 is 0 Å². The first-order valence-corrected chi connectivity index (χ1v) is 12.4. The Morgan fingerprint density at radius 3 is 2.61 bits per heavy atom. The second-order valence-corrected chi connectivity index (χ2v) is 11.7. The second-order valence-electron chi connectivity index (χ2n) is 11.7. The molecular formula is C27H40O4. The van der Waals surface area contributed by atoms with Gasteiger partial charge in [0.15, 0.2) is 11.6 Å². The van der Waals surface area contributed by atoms with Crippen LogP contribution in [0.15, 0.2) is 23.8 Å². The number of ketones is 2. The summed E-state index contributed by atoms with van der Waals surface area (Å²) in [5.41, 5.74) is 1.88. The van der Waals surface area contributed by atoms with Gasteiger partial charge in [-0.1, -0.05) is 27.4 Å². The Bertz CT molecular complexity index is 797. The second kappa shape index (κ2) is 8.26. The first kappa shape index (κ1) is 22.9. The van der Waals surface area contributed by atoms with Gasteiger partial charge in [0, 0.05) is 18.4 Å². The molecule has 4 rings (SSSR count). The van der Waals surface area contributed by atoms with Gasteiger partial charge in [-0.15, -0.1) is 0 Å². The van der Waals surface area contributed by atoms with Gasteiger partial charge in [-0.05, 0) is 104 Å². The first-order chi connectivity index (χ1) is 14.6. The van der Waals surface area contributed by atoms with Gasteiger partial charge in [0.2, 0.25) is 0 Å². The van der Waals surface area contributed by atoms with Crippen molar-refractivity contribution in [1.29, 1.82) is 0 Å². The van der Waals surface area contributed by atoms with E-state index >= 15 is 0 Å². The number of hydrogen-bond donors (Lipinski definition) is 1. The molecule has 0 spiro atoms. The van der Waals surface area contributed by atoms with Crippen molar-refractivity contribution in [3.8, 4) is 0 Å². The van der Waals surface area contributed by atoms with E-state index in [0.717, 1.165) is 30.4 Å². The summed E-state index contributed by atoms with van der Waals surface area (Å²) in [5, 5.41) is 9.18. The van der Waals surface area contributed by atoms with Crippen molar-refractivity contribution in [2.45, 2.75) is 91.6 Å². The lowest BCUT2D eigenvalue weighted by Crippen LogP contribution is -2.53. The summed E-state index contributed by atoms with van der Waals surface area (Å²) in [6, 6.07) is 0. The maximum atomic E-state index is 13.2. The van der Waals surface area contributed by atoms with Gasteiger partial charge in [0.1, 0.15) is 6.10 Å². The average molecular weight is 429 g/mol. The van der Waals surface area contributed by atoms with Gasteiger partial charge >= 0.3 is 0 Å². The van der Waals surface area contributed by atoms with Gasteiger partial charge in [-0.2, -0.15) is 0 Å².